The monoisotopic (exact) mass is 171 g/mol. The van der Waals surface area contributed by atoms with Gasteiger partial charge in [0.15, 0.2) is 0 Å². The minimum absolute atomic E-state index is 0.753. The number of hydrogen-bond donors (Lipinski definition) is 2. The van der Waals surface area contributed by atoms with Crippen LogP contribution in [0.3, 0.4) is 0 Å². The van der Waals surface area contributed by atoms with Crippen LogP contribution in [-0.4, -0.2) is 44.7 Å². The summed E-state index contributed by atoms with van der Waals surface area (Å²) >= 11 is 0. The highest BCUT2D eigenvalue weighted by Gasteiger charge is 2.15. The van der Waals surface area contributed by atoms with Crippen molar-refractivity contribution >= 4 is 0 Å². The van der Waals surface area contributed by atoms with Gasteiger partial charge in [-0.1, -0.05) is 0 Å². The zero-order valence-corrected chi connectivity index (χ0v) is 8.05. The van der Waals surface area contributed by atoms with E-state index in [0.29, 0.717) is 0 Å². The summed E-state index contributed by atoms with van der Waals surface area (Å²) in [4.78, 5) is 2.41. The van der Waals surface area contributed by atoms with Crippen LogP contribution in [0.4, 0.5) is 0 Å². The minimum Gasteiger partial charge on any atom is -0.329 e. The van der Waals surface area contributed by atoms with Crippen LogP contribution < -0.4 is 11.1 Å². The molecule has 1 aliphatic heterocycles. The zero-order chi connectivity index (χ0) is 8.81. The first kappa shape index (κ1) is 9.96. The molecule has 0 aromatic carbocycles. The van der Waals surface area contributed by atoms with E-state index in [1.165, 1.54) is 25.9 Å². The molecule has 1 saturated heterocycles. The van der Waals surface area contributed by atoms with Crippen LogP contribution in [0, 0.1) is 5.92 Å². The minimum atomic E-state index is 0.753. The summed E-state index contributed by atoms with van der Waals surface area (Å²) in [6.07, 6.45) is 2.73. The van der Waals surface area contributed by atoms with Gasteiger partial charge in [0, 0.05) is 19.6 Å². The lowest BCUT2D eigenvalue weighted by Gasteiger charge is -2.29. The smallest absolute Gasteiger partial charge is 0.00746 e. The van der Waals surface area contributed by atoms with Gasteiger partial charge in [-0.25, -0.2) is 0 Å². The van der Waals surface area contributed by atoms with E-state index in [0.717, 1.165) is 25.6 Å². The van der Waals surface area contributed by atoms with Gasteiger partial charge in [-0.15, -0.1) is 0 Å². The summed E-state index contributed by atoms with van der Waals surface area (Å²) in [6.45, 7) is 5.37. The van der Waals surface area contributed by atoms with Gasteiger partial charge in [0.25, 0.3) is 0 Å². The molecule has 1 heterocycles. The fourth-order valence-electron chi connectivity index (χ4n) is 1.85. The Morgan fingerprint density at radius 3 is 3.08 bits per heavy atom. The molecule has 1 fully saturated rings. The predicted octanol–water partition coefficient (Wildman–Crippen LogP) is -0.123. The number of rotatable bonds is 4. The molecule has 3 heteroatoms. The number of nitrogens with two attached hydrogens (primary N) is 1. The summed E-state index contributed by atoms with van der Waals surface area (Å²) in [5, 5.41) is 3.37. The highest BCUT2D eigenvalue weighted by atomic mass is 15.1. The highest BCUT2D eigenvalue weighted by Crippen LogP contribution is 2.13. The largest absolute Gasteiger partial charge is 0.329 e. The molecule has 0 aliphatic carbocycles. The van der Waals surface area contributed by atoms with Gasteiger partial charge < -0.3 is 16.0 Å². The van der Waals surface area contributed by atoms with E-state index in [2.05, 4.69) is 17.3 Å². The van der Waals surface area contributed by atoms with Gasteiger partial charge in [0.2, 0.25) is 0 Å². The Morgan fingerprint density at radius 2 is 2.42 bits per heavy atom. The number of nitrogens with one attached hydrogen (secondary N) is 1. The molecule has 0 aromatic heterocycles. The first-order chi connectivity index (χ1) is 5.83. The second-order valence-electron chi connectivity index (χ2n) is 3.76. The molecular weight excluding hydrogens is 150 g/mol. The van der Waals surface area contributed by atoms with Crippen molar-refractivity contribution in [1.82, 2.24) is 10.2 Å². The normalized spacial score (nSPS) is 26.0. The summed E-state index contributed by atoms with van der Waals surface area (Å²) in [5.41, 5.74) is 5.40. The number of nitrogens with zero attached hydrogens (tertiary/aromatic N) is 1. The molecule has 0 aromatic rings. The van der Waals surface area contributed by atoms with Crippen LogP contribution in [0.25, 0.3) is 0 Å². The Morgan fingerprint density at radius 1 is 1.58 bits per heavy atom. The summed E-state index contributed by atoms with van der Waals surface area (Å²) in [6, 6.07) is 0. The van der Waals surface area contributed by atoms with Crippen molar-refractivity contribution in [3.05, 3.63) is 0 Å². The molecule has 1 aliphatic rings. The van der Waals surface area contributed by atoms with Crippen molar-refractivity contribution in [3.8, 4) is 0 Å². The van der Waals surface area contributed by atoms with Crippen LogP contribution in [-0.2, 0) is 0 Å². The average molecular weight is 171 g/mol. The lowest BCUT2D eigenvalue weighted by molar-refractivity contribution is 0.207. The molecule has 0 saturated carbocycles. The van der Waals surface area contributed by atoms with E-state index >= 15 is 0 Å². The summed E-state index contributed by atoms with van der Waals surface area (Å²) in [5.74, 6) is 0.843. The van der Waals surface area contributed by atoms with Crippen molar-refractivity contribution in [2.75, 3.05) is 39.8 Å². The molecule has 1 unspecified atom stereocenters. The third-order valence-electron chi connectivity index (χ3n) is 2.48. The van der Waals surface area contributed by atoms with Gasteiger partial charge in [-0.2, -0.15) is 0 Å². The maximum Gasteiger partial charge on any atom is 0.00746 e. The topological polar surface area (TPSA) is 41.3 Å². The average Bonchev–Trinajstić information content (AvgIpc) is 2.05. The van der Waals surface area contributed by atoms with E-state index in [1.54, 1.807) is 0 Å². The fraction of sp³-hybridized carbons (Fsp3) is 1.00. The highest BCUT2D eigenvalue weighted by molar-refractivity contribution is 4.72. The third-order valence-corrected chi connectivity index (χ3v) is 2.48. The first-order valence-electron chi connectivity index (χ1n) is 4.92. The number of piperidine rings is 1. The number of likely N-dealkylation sites (tertiary alicyclic amines) is 1. The molecule has 72 valence electrons. The molecular formula is C9H21N3. The first-order valence-corrected chi connectivity index (χ1v) is 4.92. The summed E-state index contributed by atoms with van der Waals surface area (Å²) in [7, 11) is 2.20. The second kappa shape index (κ2) is 5.51. The molecule has 12 heavy (non-hydrogen) atoms. The van der Waals surface area contributed by atoms with Gasteiger partial charge in [-0.05, 0) is 38.9 Å². The molecule has 3 nitrogen and oxygen atoms in total. The Hall–Kier alpha value is -0.120. The molecule has 0 spiro atoms. The van der Waals surface area contributed by atoms with Crippen molar-refractivity contribution in [2.45, 2.75) is 12.8 Å². The van der Waals surface area contributed by atoms with Crippen molar-refractivity contribution in [1.29, 1.82) is 0 Å². The summed E-state index contributed by atoms with van der Waals surface area (Å²) < 4.78 is 0. The number of hydrogen-bond acceptors (Lipinski definition) is 3. The maximum atomic E-state index is 5.40. The van der Waals surface area contributed by atoms with E-state index in [1.807, 2.05) is 0 Å². The lowest BCUT2D eigenvalue weighted by atomic mass is 9.98. The van der Waals surface area contributed by atoms with Crippen molar-refractivity contribution < 1.29 is 0 Å². The Bertz CT molecular complexity index is 116. The predicted molar refractivity (Wildman–Crippen MR) is 52.1 cm³/mol. The van der Waals surface area contributed by atoms with Crippen LogP contribution in [0.2, 0.25) is 0 Å². The van der Waals surface area contributed by atoms with E-state index in [-0.39, 0.29) is 0 Å². The van der Waals surface area contributed by atoms with Crippen LogP contribution in [0.1, 0.15) is 12.8 Å². The van der Waals surface area contributed by atoms with E-state index < -0.39 is 0 Å². The van der Waals surface area contributed by atoms with Crippen molar-refractivity contribution in [3.63, 3.8) is 0 Å². The molecule has 0 radical (unpaired) electrons. The maximum absolute atomic E-state index is 5.40. The molecule has 1 atom stereocenters. The Kier molecular flexibility index (Phi) is 4.58. The molecule has 1 rings (SSSR count). The quantitative estimate of drug-likeness (QED) is 0.579. The van der Waals surface area contributed by atoms with E-state index in [9.17, 15) is 0 Å². The van der Waals surface area contributed by atoms with Crippen LogP contribution in [0.15, 0.2) is 0 Å². The van der Waals surface area contributed by atoms with Crippen LogP contribution in [0.5, 0.6) is 0 Å². The van der Waals surface area contributed by atoms with Gasteiger partial charge >= 0.3 is 0 Å². The fourth-order valence-corrected chi connectivity index (χ4v) is 1.85. The van der Waals surface area contributed by atoms with Gasteiger partial charge in [0.1, 0.15) is 0 Å². The Balaban J connectivity index is 2.06. The van der Waals surface area contributed by atoms with Crippen LogP contribution >= 0.6 is 0 Å². The second-order valence-corrected chi connectivity index (χ2v) is 3.76. The molecule has 3 N–H and O–H groups in total. The standard InChI is InChI=1S/C9H21N3/c1-12-6-2-3-9(8-12)7-11-5-4-10/h9,11H,2-8,10H2,1H3. The SMILES string of the molecule is CN1CCCC(CNCCN)C1. The van der Waals surface area contributed by atoms with E-state index in [4.69, 9.17) is 5.73 Å². The molecule has 0 amide bonds. The third kappa shape index (κ3) is 3.52. The Labute approximate surface area is 75.3 Å². The zero-order valence-electron chi connectivity index (χ0n) is 8.05. The van der Waals surface area contributed by atoms with Gasteiger partial charge in [0.05, 0.1) is 0 Å². The van der Waals surface area contributed by atoms with Gasteiger partial charge in [-0.3, -0.25) is 0 Å². The van der Waals surface area contributed by atoms with Crippen molar-refractivity contribution in [2.24, 2.45) is 11.7 Å². The lowest BCUT2D eigenvalue weighted by Crippen LogP contribution is -2.38. The molecule has 0 bridgehead atoms.